The van der Waals surface area contributed by atoms with E-state index in [0.29, 0.717) is 5.82 Å². The Morgan fingerprint density at radius 2 is 2.16 bits per heavy atom. The van der Waals surface area contributed by atoms with E-state index in [1.807, 2.05) is 30.3 Å². The fourth-order valence-corrected chi connectivity index (χ4v) is 2.23. The number of aliphatic carboxylic acids is 1. The predicted octanol–water partition coefficient (Wildman–Crippen LogP) is 1.52. The summed E-state index contributed by atoms with van der Waals surface area (Å²) in [5.74, 6) is -0.234. The van der Waals surface area contributed by atoms with E-state index in [1.165, 1.54) is 6.33 Å². The maximum absolute atomic E-state index is 11.1. The van der Waals surface area contributed by atoms with Crippen LogP contribution in [0.1, 0.15) is 0 Å². The first-order valence-corrected chi connectivity index (χ1v) is 5.81. The molecule has 2 aromatic heterocycles. The lowest BCUT2D eigenvalue weighted by atomic mass is 10.2. The van der Waals surface area contributed by atoms with E-state index in [-0.39, 0.29) is 6.54 Å². The third-order valence-electron chi connectivity index (χ3n) is 3.04. The van der Waals surface area contributed by atoms with E-state index in [4.69, 9.17) is 5.11 Å². The standard InChI is InChI=1S/C13H12N4O2/c1-16-13(14-8-15-16)11-6-9-4-2-3-5-10(9)17(11)7-12(18)19/h2-6,8H,7H2,1H3,(H,18,19). The Morgan fingerprint density at radius 3 is 2.84 bits per heavy atom. The molecule has 6 heteroatoms. The Kier molecular flexibility index (Phi) is 2.56. The van der Waals surface area contributed by atoms with Crippen LogP contribution in [0.25, 0.3) is 22.4 Å². The second-order valence-corrected chi connectivity index (χ2v) is 4.28. The van der Waals surface area contributed by atoms with E-state index in [0.717, 1.165) is 16.6 Å². The van der Waals surface area contributed by atoms with E-state index < -0.39 is 5.97 Å². The first-order chi connectivity index (χ1) is 9.16. The normalized spacial score (nSPS) is 11.0. The van der Waals surface area contributed by atoms with Crippen LogP contribution in [0.5, 0.6) is 0 Å². The largest absolute Gasteiger partial charge is 0.480 e. The van der Waals surface area contributed by atoms with Crippen LogP contribution in [0.2, 0.25) is 0 Å². The van der Waals surface area contributed by atoms with E-state index >= 15 is 0 Å². The van der Waals surface area contributed by atoms with Gasteiger partial charge in [-0.15, -0.1) is 0 Å². The quantitative estimate of drug-likeness (QED) is 0.771. The van der Waals surface area contributed by atoms with Crippen molar-refractivity contribution >= 4 is 16.9 Å². The van der Waals surface area contributed by atoms with Crippen LogP contribution in [0.15, 0.2) is 36.7 Å². The Balaban J connectivity index is 2.28. The van der Waals surface area contributed by atoms with Gasteiger partial charge in [0.2, 0.25) is 0 Å². The zero-order chi connectivity index (χ0) is 13.4. The molecule has 96 valence electrons. The van der Waals surface area contributed by atoms with Crippen molar-refractivity contribution in [2.24, 2.45) is 7.05 Å². The zero-order valence-corrected chi connectivity index (χ0v) is 10.3. The minimum absolute atomic E-state index is 0.101. The summed E-state index contributed by atoms with van der Waals surface area (Å²) in [6.45, 7) is -0.101. The van der Waals surface area contributed by atoms with E-state index in [9.17, 15) is 4.79 Å². The molecule has 3 aromatic rings. The summed E-state index contributed by atoms with van der Waals surface area (Å²) < 4.78 is 3.37. The first-order valence-electron chi connectivity index (χ1n) is 5.81. The summed E-state index contributed by atoms with van der Waals surface area (Å²) in [4.78, 5) is 15.2. The molecular weight excluding hydrogens is 244 g/mol. The minimum Gasteiger partial charge on any atom is -0.480 e. The Morgan fingerprint density at radius 1 is 1.37 bits per heavy atom. The molecule has 19 heavy (non-hydrogen) atoms. The van der Waals surface area contributed by atoms with Crippen molar-refractivity contribution < 1.29 is 9.90 Å². The molecule has 2 heterocycles. The second kappa shape index (κ2) is 4.24. The van der Waals surface area contributed by atoms with Gasteiger partial charge in [0.1, 0.15) is 12.9 Å². The molecule has 6 nitrogen and oxygen atoms in total. The van der Waals surface area contributed by atoms with Gasteiger partial charge in [-0.25, -0.2) is 9.67 Å². The highest BCUT2D eigenvalue weighted by Crippen LogP contribution is 2.26. The van der Waals surface area contributed by atoms with Crippen molar-refractivity contribution in [2.75, 3.05) is 0 Å². The van der Waals surface area contributed by atoms with E-state index in [2.05, 4.69) is 10.1 Å². The van der Waals surface area contributed by atoms with Gasteiger partial charge in [0.05, 0.1) is 5.69 Å². The van der Waals surface area contributed by atoms with Gasteiger partial charge in [0.25, 0.3) is 0 Å². The zero-order valence-electron chi connectivity index (χ0n) is 10.3. The summed E-state index contributed by atoms with van der Waals surface area (Å²) in [5, 5.41) is 14.1. The number of fused-ring (bicyclic) bond motifs is 1. The number of benzene rings is 1. The number of aryl methyl sites for hydroxylation is 1. The number of para-hydroxylation sites is 1. The van der Waals surface area contributed by atoms with Gasteiger partial charge in [0, 0.05) is 18.0 Å². The van der Waals surface area contributed by atoms with Gasteiger partial charge in [-0.2, -0.15) is 5.10 Å². The van der Waals surface area contributed by atoms with Crippen LogP contribution >= 0.6 is 0 Å². The highest BCUT2D eigenvalue weighted by Gasteiger charge is 2.15. The van der Waals surface area contributed by atoms with Crippen LogP contribution in [-0.4, -0.2) is 30.4 Å². The molecule has 0 aliphatic heterocycles. The summed E-state index contributed by atoms with van der Waals surface area (Å²) in [6.07, 6.45) is 1.46. The maximum Gasteiger partial charge on any atom is 0.323 e. The molecule has 3 rings (SSSR count). The minimum atomic E-state index is -0.884. The molecule has 0 fully saturated rings. The SMILES string of the molecule is Cn1ncnc1-c1cc2ccccc2n1CC(=O)O. The molecule has 0 unspecified atom stereocenters. The lowest BCUT2D eigenvalue weighted by molar-refractivity contribution is -0.137. The molecule has 0 spiro atoms. The van der Waals surface area contributed by atoms with Gasteiger partial charge in [-0.1, -0.05) is 18.2 Å². The number of nitrogens with zero attached hydrogens (tertiary/aromatic N) is 4. The fourth-order valence-electron chi connectivity index (χ4n) is 2.23. The summed E-state index contributed by atoms with van der Waals surface area (Å²) >= 11 is 0. The average molecular weight is 256 g/mol. The Hall–Kier alpha value is -2.63. The number of carboxylic acids is 1. The topological polar surface area (TPSA) is 72.9 Å². The number of hydrogen-bond donors (Lipinski definition) is 1. The molecular formula is C13H12N4O2. The van der Waals surface area contributed by atoms with Gasteiger partial charge in [0.15, 0.2) is 5.82 Å². The number of rotatable bonds is 3. The second-order valence-electron chi connectivity index (χ2n) is 4.28. The van der Waals surface area contributed by atoms with Crippen molar-refractivity contribution in [2.45, 2.75) is 6.54 Å². The number of aromatic nitrogens is 4. The van der Waals surface area contributed by atoms with Crippen LogP contribution in [-0.2, 0) is 18.4 Å². The Bertz CT molecular complexity index is 757. The van der Waals surface area contributed by atoms with Gasteiger partial charge in [-0.05, 0) is 12.1 Å². The van der Waals surface area contributed by atoms with E-state index in [1.54, 1.807) is 16.3 Å². The fraction of sp³-hybridized carbons (Fsp3) is 0.154. The summed E-state index contributed by atoms with van der Waals surface area (Å²) in [5.41, 5.74) is 1.63. The average Bonchev–Trinajstić information content (AvgIpc) is 2.93. The van der Waals surface area contributed by atoms with Gasteiger partial charge >= 0.3 is 5.97 Å². The van der Waals surface area contributed by atoms with Crippen LogP contribution in [0, 0.1) is 0 Å². The summed E-state index contributed by atoms with van der Waals surface area (Å²) in [7, 11) is 1.78. The monoisotopic (exact) mass is 256 g/mol. The molecule has 0 amide bonds. The van der Waals surface area contributed by atoms with Crippen LogP contribution in [0.4, 0.5) is 0 Å². The number of carboxylic acid groups (broad SMARTS) is 1. The molecule has 0 saturated heterocycles. The highest BCUT2D eigenvalue weighted by molar-refractivity contribution is 5.87. The van der Waals surface area contributed by atoms with Gasteiger partial charge in [-0.3, -0.25) is 4.79 Å². The predicted molar refractivity (Wildman–Crippen MR) is 69.6 cm³/mol. The maximum atomic E-state index is 11.1. The lowest BCUT2D eigenvalue weighted by Crippen LogP contribution is -2.11. The molecule has 1 aromatic carbocycles. The smallest absolute Gasteiger partial charge is 0.323 e. The van der Waals surface area contributed by atoms with Gasteiger partial charge < -0.3 is 9.67 Å². The van der Waals surface area contributed by atoms with Crippen LogP contribution < -0.4 is 0 Å². The third kappa shape index (κ3) is 1.87. The first kappa shape index (κ1) is 11.5. The van der Waals surface area contributed by atoms with Crippen molar-refractivity contribution in [1.82, 2.24) is 19.3 Å². The Labute approximate surface area is 108 Å². The molecule has 0 aliphatic carbocycles. The molecule has 0 aliphatic rings. The molecule has 0 atom stereocenters. The molecule has 0 bridgehead atoms. The van der Waals surface area contributed by atoms with Crippen LogP contribution in [0.3, 0.4) is 0 Å². The van der Waals surface area contributed by atoms with Crippen molar-refractivity contribution in [1.29, 1.82) is 0 Å². The third-order valence-corrected chi connectivity index (χ3v) is 3.04. The number of carbonyl (C=O) groups is 1. The van der Waals surface area contributed by atoms with Crippen molar-refractivity contribution in [3.05, 3.63) is 36.7 Å². The molecule has 1 N–H and O–H groups in total. The number of hydrogen-bond acceptors (Lipinski definition) is 3. The summed E-state index contributed by atoms with van der Waals surface area (Å²) in [6, 6.07) is 9.60. The lowest BCUT2D eigenvalue weighted by Gasteiger charge is -2.07. The molecule has 0 radical (unpaired) electrons. The van der Waals surface area contributed by atoms with Crippen molar-refractivity contribution in [3.63, 3.8) is 0 Å². The highest BCUT2D eigenvalue weighted by atomic mass is 16.4. The van der Waals surface area contributed by atoms with Crippen molar-refractivity contribution in [3.8, 4) is 11.5 Å². The molecule has 0 saturated carbocycles.